The first kappa shape index (κ1) is 14.8. The van der Waals surface area contributed by atoms with Gasteiger partial charge >= 0.3 is 5.97 Å². The van der Waals surface area contributed by atoms with Gasteiger partial charge in [-0.25, -0.2) is 9.48 Å². The van der Waals surface area contributed by atoms with E-state index >= 15 is 0 Å². The summed E-state index contributed by atoms with van der Waals surface area (Å²) in [5.41, 5.74) is 6.34. The number of likely N-dealkylation sites (N-methyl/N-ethyl adjacent to an activating group) is 1. The molecule has 0 fully saturated rings. The zero-order chi connectivity index (χ0) is 13.7. The summed E-state index contributed by atoms with van der Waals surface area (Å²) in [4.78, 5) is 13.8. The molecule has 1 aromatic rings. The minimum Gasteiger partial charge on any atom is -0.462 e. The van der Waals surface area contributed by atoms with E-state index in [-0.39, 0.29) is 0 Å². The molecule has 18 heavy (non-hydrogen) atoms. The monoisotopic (exact) mass is 272 g/mol. The predicted molar refractivity (Wildman–Crippen MR) is 72.9 cm³/mol. The normalized spacial score (nSPS) is 10.9. The molecule has 1 heterocycles. The largest absolute Gasteiger partial charge is 0.462 e. The second kappa shape index (κ2) is 6.65. The maximum atomic E-state index is 11.8. The van der Waals surface area contributed by atoms with Gasteiger partial charge < -0.3 is 15.4 Å². The van der Waals surface area contributed by atoms with Crippen molar-refractivity contribution in [1.29, 1.82) is 0 Å². The fourth-order valence-corrected chi connectivity index (χ4v) is 2.03. The molecule has 0 aromatic carbocycles. The molecule has 102 valence electrons. The molecule has 7 heteroatoms. The minimum absolute atomic E-state index is 0.328. The zero-order valence-corrected chi connectivity index (χ0v) is 12.1. The SMILES string of the molecule is CCOC(=O)c1c(SC)nn(CCN(C)C)c1N. The van der Waals surface area contributed by atoms with Crippen LogP contribution in [0.2, 0.25) is 0 Å². The second-order valence-electron chi connectivity index (χ2n) is 4.02. The maximum absolute atomic E-state index is 11.8. The summed E-state index contributed by atoms with van der Waals surface area (Å²) in [6.07, 6.45) is 1.86. The van der Waals surface area contributed by atoms with E-state index in [1.807, 2.05) is 25.3 Å². The lowest BCUT2D eigenvalue weighted by molar-refractivity contribution is 0.0523. The Labute approximate surface area is 111 Å². The van der Waals surface area contributed by atoms with Gasteiger partial charge in [-0.15, -0.1) is 11.8 Å². The van der Waals surface area contributed by atoms with Gasteiger partial charge in [0.25, 0.3) is 0 Å². The molecule has 1 rings (SSSR count). The van der Waals surface area contributed by atoms with Crippen molar-refractivity contribution in [3.8, 4) is 0 Å². The fourth-order valence-electron chi connectivity index (χ4n) is 1.46. The topological polar surface area (TPSA) is 73.4 Å². The van der Waals surface area contributed by atoms with Crippen LogP contribution in [0.3, 0.4) is 0 Å². The number of rotatable bonds is 6. The Morgan fingerprint density at radius 2 is 2.22 bits per heavy atom. The standard InChI is InChI=1S/C11H20N4O2S/c1-5-17-11(16)8-9(12)15(7-6-14(2)3)13-10(8)18-4/h5-7,12H2,1-4H3. The molecule has 0 saturated heterocycles. The Hall–Kier alpha value is -1.21. The smallest absolute Gasteiger partial charge is 0.344 e. The molecule has 0 bridgehead atoms. The molecule has 0 amide bonds. The summed E-state index contributed by atoms with van der Waals surface area (Å²) in [6.45, 7) is 3.55. The highest BCUT2D eigenvalue weighted by atomic mass is 32.2. The lowest BCUT2D eigenvalue weighted by atomic mass is 10.3. The van der Waals surface area contributed by atoms with Crippen LogP contribution in [0.25, 0.3) is 0 Å². The third-order valence-electron chi connectivity index (χ3n) is 2.39. The van der Waals surface area contributed by atoms with Gasteiger partial charge in [0, 0.05) is 6.54 Å². The van der Waals surface area contributed by atoms with E-state index in [2.05, 4.69) is 5.10 Å². The van der Waals surface area contributed by atoms with E-state index in [4.69, 9.17) is 10.5 Å². The molecular formula is C11H20N4O2S. The number of thioether (sulfide) groups is 1. The van der Waals surface area contributed by atoms with Crippen LogP contribution in [0.15, 0.2) is 5.03 Å². The van der Waals surface area contributed by atoms with E-state index in [0.29, 0.717) is 29.6 Å². The summed E-state index contributed by atoms with van der Waals surface area (Å²) in [5.74, 6) is -0.0323. The number of nitrogens with two attached hydrogens (primary N) is 1. The van der Waals surface area contributed by atoms with Crippen molar-refractivity contribution in [2.45, 2.75) is 18.5 Å². The molecule has 0 aliphatic heterocycles. The van der Waals surface area contributed by atoms with Gasteiger partial charge in [0.1, 0.15) is 16.4 Å². The van der Waals surface area contributed by atoms with Gasteiger partial charge in [0.15, 0.2) is 0 Å². The fraction of sp³-hybridized carbons (Fsp3) is 0.636. The highest BCUT2D eigenvalue weighted by Gasteiger charge is 2.22. The molecular weight excluding hydrogens is 252 g/mol. The molecule has 0 saturated carbocycles. The van der Waals surface area contributed by atoms with E-state index in [1.165, 1.54) is 11.8 Å². The van der Waals surface area contributed by atoms with E-state index < -0.39 is 5.97 Å². The van der Waals surface area contributed by atoms with Crippen LogP contribution < -0.4 is 5.73 Å². The third-order valence-corrected chi connectivity index (χ3v) is 3.06. The zero-order valence-electron chi connectivity index (χ0n) is 11.3. The Morgan fingerprint density at radius 3 is 2.72 bits per heavy atom. The molecule has 0 spiro atoms. The molecule has 2 N–H and O–H groups in total. The highest BCUT2D eigenvalue weighted by Crippen LogP contribution is 2.25. The number of ether oxygens (including phenoxy) is 1. The number of aromatic nitrogens is 2. The van der Waals surface area contributed by atoms with Gasteiger partial charge in [0.05, 0.1) is 13.2 Å². The summed E-state index contributed by atoms with van der Waals surface area (Å²) in [7, 11) is 3.95. The lowest BCUT2D eigenvalue weighted by Crippen LogP contribution is -2.20. The number of nitrogens with zero attached hydrogens (tertiary/aromatic N) is 3. The van der Waals surface area contributed by atoms with Crippen LogP contribution in [0.1, 0.15) is 17.3 Å². The van der Waals surface area contributed by atoms with Crippen LogP contribution in [0.4, 0.5) is 5.82 Å². The molecule has 6 nitrogen and oxygen atoms in total. The van der Waals surface area contributed by atoms with E-state index in [9.17, 15) is 4.79 Å². The van der Waals surface area contributed by atoms with Crippen molar-refractivity contribution >= 4 is 23.5 Å². The molecule has 0 aliphatic rings. The quantitative estimate of drug-likeness (QED) is 0.613. The van der Waals surface area contributed by atoms with Crippen molar-refractivity contribution < 1.29 is 9.53 Å². The van der Waals surface area contributed by atoms with Crippen LogP contribution in [-0.4, -0.2) is 54.2 Å². The van der Waals surface area contributed by atoms with Crippen molar-refractivity contribution in [1.82, 2.24) is 14.7 Å². The van der Waals surface area contributed by atoms with Crippen LogP contribution in [0, 0.1) is 0 Å². The van der Waals surface area contributed by atoms with E-state index in [1.54, 1.807) is 11.6 Å². The molecule has 0 unspecified atom stereocenters. The molecule has 0 radical (unpaired) electrons. The lowest BCUT2D eigenvalue weighted by Gasteiger charge is -2.10. The van der Waals surface area contributed by atoms with Crippen molar-refractivity contribution in [3.05, 3.63) is 5.56 Å². The number of nitrogen functional groups attached to an aromatic ring is 1. The predicted octanol–water partition coefficient (Wildman–Crippen LogP) is 0.925. The van der Waals surface area contributed by atoms with Gasteiger partial charge in [-0.05, 0) is 27.3 Å². The van der Waals surface area contributed by atoms with E-state index in [0.717, 1.165) is 6.54 Å². The van der Waals surface area contributed by atoms with Crippen LogP contribution in [0.5, 0.6) is 0 Å². The van der Waals surface area contributed by atoms with Crippen LogP contribution >= 0.6 is 11.8 Å². The Kier molecular flexibility index (Phi) is 5.49. The van der Waals surface area contributed by atoms with Crippen molar-refractivity contribution in [2.75, 3.05) is 39.2 Å². The average molecular weight is 272 g/mol. The number of hydrogen-bond donors (Lipinski definition) is 1. The second-order valence-corrected chi connectivity index (χ2v) is 4.81. The summed E-state index contributed by atoms with van der Waals surface area (Å²) >= 11 is 1.39. The number of anilines is 1. The van der Waals surface area contributed by atoms with Crippen molar-refractivity contribution in [3.63, 3.8) is 0 Å². The van der Waals surface area contributed by atoms with Gasteiger partial charge in [-0.1, -0.05) is 0 Å². The first-order valence-electron chi connectivity index (χ1n) is 5.73. The average Bonchev–Trinajstić information content (AvgIpc) is 2.63. The Bertz CT molecular complexity index is 417. The number of carbonyl (C=O) groups excluding carboxylic acids is 1. The summed E-state index contributed by atoms with van der Waals surface area (Å²) in [6, 6.07) is 0. The number of carbonyl (C=O) groups is 1. The van der Waals surface area contributed by atoms with Crippen molar-refractivity contribution in [2.24, 2.45) is 0 Å². The Balaban J connectivity index is 2.98. The number of esters is 1. The summed E-state index contributed by atoms with van der Waals surface area (Å²) < 4.78 is 6.65. The molecule has 1 aromatic heterocycles. The molecule has 0 aliphatic carbocycles. The van der Waals surface area contributed by atoms with Gasteiger partial charge in [-0.3, -0.25) is 0 Å². The maximum Gasteiger partial charge on any atom is 0.344 e. The first-order valence-corrected chi connectivity index (χ1v) is 6.95. The highest BCUT2D eigenvalue weighted by molar-refractivity contribution is 7.98. The minimum atomic E-state index is -0.407. The number of hydrogen-bond acceptors (Lipinski definition) is 6. The van der Waals surface area contributed by atoms with Crippen LogP contribution in [-0.2, 0) is 11.3 Å². The summed E-state index contributed by atoms with van der Waals surface area (Å²) in [5, 5.41) is 4.95. The first-order chi connectivity index (χ1) is 8.51. The Morgan fingerprint density at radius 1 is 1.56 bits per heavy atom. The molecule has 0 atom stereocenters. The third kappa shape index (κ3) is 3.39. The van der Waals surface area contributed by atoms with Gasteiger partial charge in [0.2, 0.25) is 0 Å². The van der Waals surface area contributed by atoms with Gasteiger partial charge in [-0.2, -0.15) is 5.10 Å².